The van der Waals surface area contributed by atoms with E-state index in [4.69, 9.17) is 5.26 Å². The lowest BCUT2D eigenvalue weighted by Crippen LogP contribution is -2.37. The number of nitriles is 1. The van der Waals surface area contributed by atoms with Crippen LogP contribution in [0.4, 0.5) is 20.5 Å². The number of hydrogen-bond donors (Lipinski definition) is 3. The maximum Gasteiger partial charge on any atom is 0.326 e. The predicted octanol–water partition coefficient (Wildman–Crippen LogP) is 2.95. The summed E-state index contributed by atoms with van der Waals surface area (Å²) in [5.41, 5.74) is 2.46. The highest BCUT2D eigenvalue weighted by Gasteiger charge is 2.21. The number of halogens is 2. The Morgan fingerprint density at radius 2 is 2.06 bits per heavy atom. The molecule has 0 fully saturated rings. The largest absolute Gasteiger partial charge is 0.480 e. The predicted molar refractivity (Wildman–Crippen MR) is 123 cm³/mol. The zero-order chi connectivity index (χ0) is 24.3. The molecule has 34 heavy (non-hydrogen) atoms. The van der Waals surface area contributed by atoms with E-state index < -0.39 is 25.0 Å². The van der Waals surface area contributed by atoms with Gasteiger partial charge in [0.15, 0.2) is 0 Å². The van der Waals surface area contributed by atoms with Crippen LogP contribution in [0.3, 0.4) is 0 Å². The number of aryl methyl sites for hydroxylation is 2. The van der Waals surface area contributed by atoms with E-state index in [1.165, 1.54) is 18.0 Å². The molecule has 0 saturated heterocycles. The average Bonchev–Trinajstić information content (AvgIpc) is 2.83. The van der Waals surface area contributed by atoms with E-state index in [0.29, 0.717) is 13.0 Å². The minimum atomic E-state index is -2.51. The summed E-state index contributed by atoms with van der Waals surface area (Å²) in [7, 11) is 0. The van der Waals surface area contributed by atoms with E-state index in [9.17, 15) is 18.7 Å². The summed E-state index contributed by atoms with van der Waals surface area (Å²) in [4.78, 5) is 25.7. The van der Waals surface area contributed by atoms with Crippen molar-refractivity contribution in [2.75, 3.05) is 36.8 Å². The minimum Gasteiger partial charge on any atom is -0.480 e. The summed E-state index contributed by atoms with van der Waals surface area (Å²) in [6, 6.07) is 4.97. The topological polar surface area (TPSA) is 127 Å². The molecule has 0 saturated carbocycles. The number of aliphatic carboxylic acids is 1. The van der Waals surface area contributed by atoms with E-state index in [-0.39, 0.29) is 24.5 Å². The zero-order valence-electron chi connectivity index (χ0n) is 18.9. The van der Waals surface area contributed by atoms with E-state index in [1.54, 1.807) is 4.90 Å². The van der Waals surface area contributed by atoms with Crippen LogP contribution in [0.25, 0.3) is 0 Å². The number of carboxylic acid groups (broad SMARTS) is 1. The van der Waals surface area contributed by atoms with Gasteiger partial charge >= 0.3 is 5.97 Å². The SMILES string of the molecule is N#Cc1cnc(N[C@@H](CCN(CCCCc2ccc3c(n2)NCCC3)CC(F)F)C(=O)O)nc1. The molecule has 2 aromatic heterocycles. The van der Waals surface area contributed by atoms with Gasteiger partial charge in [-0.05, 0) is 56.7 Å². The standard InChI is InChI=1S/C23H29F2N7O2/c24-20(25)15-32(10-2-1-5-18-7-6-17-4-3-9-27-21(17)30-18)11-8-19(22(33)34)31-23-28-13-16(12-26)14-29-23/h6-7,13-14,19-20H,1-5,8-11,15H2,(H,27,30)(H,33,34)(H,28,29,31)/t19-/m0/s1. The summed E-state index contributed by atoms with van der Waals surface area (Å²) < 4.78 is 26.2. The monoisotopic (exact) mass is 473 g/mol. The number of aromatic nitrogens is 3. The molecule has 0 aliphatic carbocycles. The molecule has 182 valence electrons. The van der Waals surface area contributed by atoms with Gasteiger partial charge in [0.25, 0.3) is 6.43 Å². The van der Waals surface area contributed by atoms with E-state index in [1.807, 2.05) is 12.1 Å². The number of alkyl halides is 2. The third-order valence-corrected chi connectivity index (χ3v) is 5.62. The van der Waals surface area contributed by atoms with Crippen molar-refractivity contribution >= 4 is 17.7 Å². The Morgan fingerprint density at radius 1 is 1.26 bits per heavy atom. The third kappa shape index (κ3) is 7.88. The molecule has 1 atom stereocenters. The molecule has 3 rings (SSSR count). The number of rotatable bonds is 13. The fraction of sp³-hybridized carbons (Fsp3) is 0.522. The Hall–Kier alpha value is -3.39. The Kier molecular flexibility index (Phi) is 9.46. The first-order valence-electron chi connectivity index (χ1n) is 11.4. The van der Waals surface area contributed by atoms with Gasteiger partial charge in [-0.2, -0.15) is 5.26 Å². The van der Waals surface area contributed by atoms with Gasteiger partial charge in [0.05, 0.1) is 24.5 Å². The summed E-state index contributed by atoms with van der Waals surface area (Å²) in [6.45, 7) is 1.13. The Labute approximate surface area is 197 Å². The lowest BCUT2D eigenvalue weighted by molar-refractivity contribution is -0.138. The first-order valence-corrected chi connectivity index (χ1v) is 11.4. The van der Waals surface area contributed by atoms with Crippen molar-refractivity contribution in [1.29, 1.82) is 5.26 Å². The van der Waals surface area contributed by atoms with Gasteiger partial charge in [0.2, 0.25) is 5.95 Å². The molecule has 1 aliphatic rings. The second kappa shape index (κ2) is 12.7. The van der Waals surface area contributed by atoms with Crippen molar-refractivity contribution in [2.24, 2.45) is 0 Å². The molecule has 0 radical (unpaired) electrons. The molecule has 3 heterocycles. The van der Waals surface area contributed by atoms with Crippen LogP contribution in [0.2, 0.25) is 0 Å². The van der Waals surface area contributed by atoms with Gasteiger partial charge in [-0.15, -0.1) is 0 Å². The first kappa shape index (κ1) is 25.2. The molecule has 1 aliphatic heterocycles. The number of hydrogen-bond acceptors (Lipinski definition) is 8. The highest BCUT2D eigenvalue weighted by atomic mass is 19.3. The quantitative estimate of drug-likeness (QED) is 0.376. The van der Waals surface area contributed by atoms with Crippen LogP contribution in [-0.2, 0) is 17.6 Å². The fourth-order valence-corrected chi connectivity index (χ4v) is 3.82. The number of carbonyl (C=O) groups is 1. The Balaban J connectivity index is 1.47. The van der Waals surface area contributed by atoms with Crippen molar-refractivity contribution < 1.29 is 18.7 Å². The van der Waals surface area contributed by atoms with Crippen molar-refractivity contribution in [3.05, 3.63) is 41.3 Å². The second-order valence-corrected chi connectivity index (χ2v) is 8.22. The Morgan fingerprint density at radius 3 is 2.76 bits per heavy atom. The molecule has 11 heteroatoms. The number of pyridine rings is 1. The molecule has 0 unspecified atom stereocenters. The molecule has 3 N–H and O–H groups in total. The van der Waals surface area contributed by atoms with Crippen LogP contribution >= 0.6 is 0 Å². The van der Waals surface area contributed by atoms with Crippen molar-refractivity contribution in [3.8, 4) is 6.07 Å². The average molecular weight is 474 g/mol. The number of nitrogens with zero attached hydrogens (tertiary/aromatic N) is 5. The molecule has 0 amide bonds. The maximum absolute atomic E-state index is 13.1. The smallest absolute Gasteiger partial charge is 0.326 e. The van der Waals surface area contributed by atoms with Crippen LogP contribution < -0.4 is 10.6 Å². The van der Waals surface area contributed by atoms with Crippen LogP contribution in [0, 0.1) is 11.3 Å². The van der Waals surface area contributed by atoms with Gasteiger partial charge in [-0.1, -0.05) is 6.07 Å². The van der Waals surface area contributed by atoms with Gasteiger partial charge in [0, 0.05) is 18.8 Å². The van der Waals surface area contributed by atoms with Crippen LogP contribution in [0.15, 0.2) is 24.5 Å². The lowest BCUT2D eigenvalue weighted by atomic mass is 10.1. The van der Waals surface area contributed by atoms with Crippen LogP contribution in [0.1, 0.15) is 42.5 Å². The minimum absolute atomic E-state index is 0.0684. The zero-order valence-corrected chi connectivity index (χ0v) is 18.9. The summed E-state index contributed by atoms with van der Waals surface area (Å²) in [5, 5.41) is 24.3. The van der Waals surface area contributed by atoms with Crippen molar-refractivity contribution in [1.82, 2.24) is 19.9 Å². The molecule has 0 spiro atoms. The summed E-state index contributed by atoms with van der Waals surface area (Å²) >= 11 is 0. The van der Waals surface area contributed by atoms with Gasteiger partial charge < -0.3 is 15.7 Å². The molecule has 2 aromatic rings. The molecule has 0 bridgehead atoms. The molecule has 0 aromatic carbocycles. The lowest BCUT2D eigenvalue weighted by Gasteiger charge is -2.24. The van der Waals surface area contributed by atoms with Crippen LogP contribution in [-0.4, -0.2) is 69.6 Å². The van der Waals surface area contributed by atoms with E-state index in [2.05, 4.69) is 31.7 Å². The number of nitrogens with one attached hydrogen (secondary N) is 2. The highest BCUT2D eigenvalue weighted by molar-refractivity contribution is 5.76. The van der Waals surface area contributed by atoms with Gasteiger partial charge in [-0.25, -0.2) is 28.5 Å². The summed E-state index contributed by atoms with van der Waals surface area (Å²) in [5.74, 6) is -0.113. The highest BCUT2D eigenvalue weighted by Crippen LogP contribution is 2.20. The normalized spacial score (nSPS) is 13.7. The number of carboxylic acids is 1. The fourth-order valence-electron chi connectivity index (χ4n) is 3.82. The Bertz CT molecular complexity index is 982. The van der Waals surface area contributed by atoms with Gasteiger partial charge in [0.1, 0.15) is 17.9 Å². The van der Waals surface area contributed by atoms with Crippen molar-refractivity contribution in [3.63, 3.8) is 0 Å². The molecule has 9 nitrogen and oxygen atoms in total. The first-order chi connectivity index (χ1) is 16.4. The number of fused-ring (bicyclic) bond motifs is 1. The summed E-state index contributed by atoms with van der Waals surface area (Å²) in [6.07, 6.45) is 4.54. The van der Waals surface area contributed by atoms with Gasteiger partial charge in [-0.3, -0.25) is 4.90 Å². The molecular formula is C23H29F2N7O2. The van der Waals surface area contributed by atoms with Crippen molar-refractivity contribution in [2.45, 2.75) is 51.0 Å². The second-order valence-electron chi connectivity index (χ2n) is 8.22. The number of anilines is 2. The van der Waals surface area contributed by atoms with Crippen LogP contribution in [0.5, 0.6) is 0 Å². The van der Waals surface area contributed by atoms with E-state index in [0.717, 1.165) is 43.7 Å². The third-order valence-electron chi connectivity index (χ3n) is 5.62. The van der Waals surface area contributed by atoms with E-state index >= 15 is 0 Å². The number of unbranched alkanes of at least 4 members (excludes halogenated alkanes) is 1. The molecular weight excluding hydrogens is 444 g/mol. The maximum atomic E-state index is 13.1.